The second-order valence-electron chi connectivity index (χ2n) is 6.45. The van der Waals surface area contributed by atoms with Crippen molar-refractivity contribution >= 4 is 11.6 Å². The molecule has 0 radical (unpaired) electrons. The van der Waals surface area contributed by atoms with Crippen LogP contribution in [0.1, 0.15) is 50.7 Å². The lowest BCUT2D eigenvalue weighted by molar-refractivity contribution is -0.141. The second-order valence-corrected chi connectivity index (χ2v) is 6.85. The van der Waals surface area contributed by atoms with Gasteiger partial charge in [0.15, 0.2) is 0 Å². The average molecular weight is 312 g/mol. The molecule has 0 aromatic heterocycles. The molecule has 1 aromatic carbocycles. The summed E-state index contributed by atoms with van der Waals surface area (Å²) in [6.45, 7) is 3.96. The van der Waals surface area contributed by atoms with Crippen molar-refractivity contribution in [2.75, 3.05) is 13.1 Å². The monoisotopic (exact) mass is 311 g/mol. The van der Waals surface area contributed by atoms with Crippen LogP contribution in [0.5, 0.6) is 0 Å². The fourth-order valence-corrected chi connectivity index (χ4v) is 3.81. The maximum Gasteiger partial charge on any atom is 0.141 e. The molecule has 116 valence electrons. The quantitative estimate of drug-likeness (QED) is 0.869. The van der Waals surface area contributed by atoms with Crippen LogP contribution in [0, 0.1) is 11.7 Å². The number of halogens is 2. The molecular weight excluding hydrogens is 289 g/mol. The van der Waals surface area contributed by atoms with Crippen LogP contribution in [0.4, 0.5) is 4.39 Å². The minimum Gasteiger partial charge on any atom is -0.364 e. The van der Waals surface area contributed by atoms with E-state index in [9.17, 15) is 4.39 Å². The summed E-state index contributed by atoms with van der Waals surface area (Å²) in [5.41, 5.74) is 0.917. The highest BCUT2D eigenvalue weighted by atomic mass is 35.5. The average Bonchev–Trinajstić information content (AvgIpc) is 2.51. The fraction of sp³-hybridized carbons (Fsp3) is 0.647. The lowest BCUT2D eigenvalue weighted by Gasteiger charge is -2.46. The molecular formula is C17H23ClFNO. The maximum absolute atomic E-state index is 13.3. The predicted molar refractivity (Wildman–Crippen MR) is 83.1 cm³/mol. The normalized spacial score (nSPS) is 33.3. The van der Waals surface area contributed by atoms with Gasteiger partial charge in [0, 0.05) is 13.1 Å². The van der Waals surface area contributed by atoms with Gasteiger partial charge in [-0.1, -0.05) is 31.0 Å². The molecule has 3 rings (SSSR count). The number of hydrogen-bond donors (Lipinski definition) is 1. The predicted octanol–water partition coefficient (Wildman–Crippen LogP) is 4.48. The molecule has 2 nitrogen and oxygen atoms in total. The van der Waals surface area contributed by atoms with Crippen LogP contribution in [0.15, 0.2) is 18.2 Å². The molecule has 1 N–H and O–H groups in total. The lowest BCUT2D eigenvalue weighted by Crippen LogP contribution is -2.52. The topological polar surface area (TPSA) is 21.3 Å². The highest BCUT2D eigenvalue weighted by Crippen LogP contribution is 2.41. The Bertz CT molecular complexity index is 500. The molecule has 1 saturated heterocycles. The number of rotatable bonds is 2. The molecule has 1 aliphatic carbocycles. The van der Waals surface area contributed by atoms with Crippen LogP contribution in [0.25, 0.3) is 0 Å². The summed E-state index contributed by atoms with van der Waals surface area (Å²) in [6.07, 6.45) is 5.95. The summed E-state index contributed by atoms with van der Waals surface area (Å²) < 4.78 is 19.8. The van der Waals surface area contributed by atoms with Gasteiger partial charge < -0.3 is 10.1 Å². The van der Waals surface area contributed by atoms with Gasteiger partial charge in [-0.15, -0.1) is 0 Å². The van der Waals surface area contributed by atoms with Crippen molar-refractivity contribution < 1.29 is 9.13 Å². The van der Waals surface area contributed by atoms with E-state index in [4.69, 9.17) is 16.3 Å². The Morgan fingerprint density at radius 3 is 2.81 bits per heavy atom. The highest BCUT2D eigenvalue weighted by Gasteiger charge is 2.40. The molecule has 1 spiro atoms. The molecule has 21 heavy (non-hydrogen) atoms. The van der Waals surface area contributed by atoms with Crippen molar-refractivity contribution in [1.29, 1.82) is 0 Å². The molecule has 1 aromatic rings. The van der Waals surface area contributed by atoms with E-state index in [-0.39, 0.29) is 22.5 Å². The standard InChI is InChI=1S/C17H23ClFNO/c1-2-12-5-7-17(8-6-12)11-20-10-16(21-17)13-3-4-15(19)14(18)9-13/h3-4,9,12,16,20H,2,5-8,10-11H2,1H3. The van der Waals surface area contributed by atoms with E-state index in [0.717, 1.165) is 37.4 Å². The summed E-state index contributed by atoms with van der Waals surface area (Å²) >= 11 is 5.90. The van der Waals surface area contributed by atoms with Crippen molar-refractivity contribution in [3.05, 3.63) is 34.6 Å². The van der Waals surface area contributed by atoms with E-state index >= 15 is 0 Å². The van der Waals surface area contributed by atoms with E-state index < -0.39 is 0 Å². The van der Waals surface area contributed by atoms with Gasteiger partial charge in [-0.3, -0.25) is 0 Å². The van der Waals surface area contributed by atoms with Crippen molar-refractivity contribution in [3.8, 4) is 0 Å². The van der Waals surface area contributed by atoms with Gasteiger partial charge >= 0.3 is 0 Å². The van der Waals surface area contributed by atoms with Crippen molar-refractivity contribution in [3.63, 3.8) is 0 Å². The van der Waals surface area contributed by atoms with Crippen molar-refractivity contribution in [1.82, 2.24) is 5.32 Å². The Labute approximate surface area is 131 Å². The first-order valence-electron chi connectivity index (χ1n) is 7.95. The Morgan fingerprint density at radius 1 is 1.38 bits per heavy atom. The van der Waals surface area contributed by atoms with Gasteiger partial charge in [-0.25, -0.2) is 4.39 Å². The molecule has 2 aliphatic rings. The van der Waals surface area contributed by atoms with Gasteiger partial charge in [0.25, 0.3) is 0 Å². The SMILES string of the molecule is CCC1CCC2(CC1)CNCC(c1ccc(F)c(Cl)c1)O2. The van der Waals surface area contributed by atoms with Crippen LogP contribution in [-0.4, -0.2) is 18.7 Å². The zero-order chi connectivity index (χ0) is 14.9. The number of nitrogens with one attached hydrogen (secondary N) is 1. The number of hydrogen-bond acceptors (Lipinski definition) is 2. The largest absolute Gasteiger partial charge is 0.364 e. The number of benzene rings is 1. The molecule has 0 amide bonds. The molecule has 1 aliphatic heterocycles. The Balaban J connectivity index is 1.72. The lowest BCUT2D eigenvalue weighted by atomic mass is 9.77. The fourth-order valence-electron chi connectivity index (χ4n) is 3.62. The summed E-state index contributed by atoms with van der Waals surface area (Å²) in [5, 5.41) is 3.67. The Morgan fingerprint density at radius 2 is 2.14 bits per heavy atom. The van der Waals surface area contributed by atoms with Crippen LogP contribution < -0.4 is 5.32 Å². The maximum atomic E-state index is 13.3. The van der Waals surface area contributed by atoms with Crippen LogP contribution in [-0.2, 0) is 4.74 Å². The Kier molecular flexibility index (Phi) is 4.53. The van der Waals surface area contributed by atoms with E-state index in [1.54, 1.807) is 12.1 Å². The second kappa shape index (κ2) is 6.23. The molecule has 1 atom stereocenters. The number of morpholine rings is 1. The minimum atomic E-state index is -0.373. The van der Waals surface area contributed by atoms with Crippen molar-refractivity contribution in [2.24, 2.45) is 5.92 Å². The summed E-state index contributed by atoms with van der Waals surface area (Å²) in [7, 11) is 0. The summed E-state index contributed by atoms with van der Waals surface area (Å²) in [4.78, 5) is 0. The third kappa shape index (κ3) is 3.25. The van der Waals surface area contributed by atoms with Gasteiger partial charge in [0.2, 0.25) is 0 Å². The first-order valence-corrected chi connectivity index (χ1v) is 8.33. The number of ether oxygens (including phenoxy) is 1. The molecule has 4 heteroatoms. The molecule has 1 heterocycles. The first kappa shape index (κ1) is 15.3. The minimum absolute atomic E-state index is 0.0324. The highest BCUT2D eigenvalue weighted by molar-refractivity contribution is 6.30. The molecule has 1 unspecified atom stereocenters. The Hall–Kier alpha value is -0.640. The molecule has 2 fully saturated rings. The van der Waals surface area contributed by atoms with Gasteiger partial charge in [-0.05, 0) is 49.3 Å². The van der Waals surface area contributed by atoms with Gasteiger partial charge in [0.05, 0.1) is 16.7 Å². The van der Waals surface area contributed by atoms with E-state index in [0.29, 0.717) is 0 Å². The van der Waals surface area contributed by atoms with Gasteiger partial charge in [0.1, 0.15) is 5.82 Å². The van der Waals surface area contributed by atoms with Crippen molar-refractivity contribution in [2.45, 2.75) is 50.7 Å². The third-order valence-corrected chi connectivity index (χ3v) is 5.37. The van der Waals surface area contributed by atoms with Gasteiger partial charge in [-0.2, -0.15) is 0 Å². The zero-order valence-corrected chi connectivity index (χ0v) is 13.3. The van der Waals surface area contributed by atoms with E-state index in [1.165, 1.54) is 25.3 Å². The summed E-state index contributed by atoms with van der Waals surface area (Å²) in [6, 6.07) is 4.90. The van der Waals surface area contributed by atoms with E-state index in [2.05, 4.69) is 12.2 Å². The first-order chi connectivity index (χ1) is 10.1. The zero-order valence-electron chi connectivity index (χ0n) is 12.5. The smallest absolute Gasteiger partial charge is 0.141 e. The van der Waals surface area contributed by atoms with Crippen LogP contribution in [0.3, 0.4) is 0 Å². The van der Waals surface area contributed by atoms with Crippen LogP contribution in [0.2, 0.25) is 5.02 Å². The van der Waals surface area contributed by atoms with E-state index in [1.807, 2.05) is 0 Å². The summed E-state index contributed by atoms with van der Waals surface area (Å²) in [5.74, 6) is 0.474. The van der Waals surface area contributed by atoms with Crippen LogP contribution >= 0.6 is 11.6 Å². The molecule has 0 bridgehead atoms. The molecule has 1 saturated carbocycles. The third-order valence-electron chi connectivity index (χ3n) is 5.08.